The van der Waals surface area contributed by atoms with E-state index in [0.29, 0.717) is 26.1 Å². The Kier molecular flexibility index (Phi) is 13.1. The monoisotopic (exact) mass is 529 g/mol. The molecule has 1 spiro atoms. The summed E-state index contributed by atoms with van der Waals surface area (Å²) in [5, 5.41) is 11.0. The summed E-state index contributed by atoms with van der Waals surface area (Å²) in [6.45, 7) is 14.6. The molecule has 2 aliphatic heterocycles. The minimum atomic E-state index is -0.776. The first kappa shape index (κ1) is 32.3. The van der Waals surface area contributed by atoms with Crippen molar-refractivity contribution in [2.75, 3.05) is 39.6 Å². The molecular weight excluding hydrogens is 474 g/mol. The maximum atomic E-state index is 11.8. The van der Waals surface area contributed by atoms with Crippen LogP contribution in [-0.2, 0) is 23.8 Å². The summed E-state index contributed by atoms with van der Waals surface area (Å²) < 4.78 is 23.1. The molecule has 0 bridgehead atoms. The molecular formula is C29H55NO7. The molecule has 0 aromatic carbocycles. The lowest BCUT2D eigenvalue weighted by atomic mass is 9.76. The number of aliphatic hydroxyl groups is 1. The van der Waals surface area contributed by atoms with E-state index in [1.165, 1.54) is 51.4 Å². The average molecular weight is 530 g/mol. The van der Waals surface area contributed by atoms with Gasteiger partial charge in [-0.3, -0.25) is 4.84 Å². The van der Waals surface area contributed by atoms with Crippen molar-refractivity contribution < 1.29 is 33.7 Å². The zero-order valence-corrected chi connectivity index (χ0v) is 24.6. The molecule has 0 aliphatic carbocycles. The van der Waals surface area contributed by atoms with Crippen LogP contribution < -0.4 is 0 Å². The van der Waals surface area contributed by atoms with Crippen molar-refractivity contribution in [3.8, 4) is 0 Å². The Morgan fingerprint density at radius 2 is 1.35 bits per heavy atom. The Morgan fingerprint density at radius 3 is 1.86 bits per heavy atom. The summed E-state index contributed by atoms with van der Waals surface area (Å²) in [4.78, 5) is 18.2. The third kappa shape index (κ3) is 9.95. The van der Waals surface area contributed by atoms with Crippen LogP contribution >= 0.6 is 0 Å². The maximum Gasteiger partial charge on any atom is 0.508 e. The van der Waals surface area contributed by atoms with Gasteiger partial charge in [0.1, 0.15) is 13.2 Å². The van der Waals surface area contributed by atoms with Crippen LogP contribution in [0.4, 0.5) is 4.79 Å². The number of aliphatic hydroxyl groups excluding tert-OH is 1. The van der Waals surface area contributed by atoms with Gasteiger partial charge in [0, 0.05) is 23.9 Å². The molecule has 0 radical (unpaired) electrons. The highest BCUT2D eigenvalue weighted by Crippen LogP contribution is 2.49. The summed E-state index contributed by atoms with van der Waals surface area (Å²) in [6.07, 6.45) is 13.0. The van der Waals surface area contributed by atoms with E-state index in [1.807, 2.05) is 6.92 Å². The van der Waals surface area contributed by atoms with Crippen molar-refractivity contribution in [2.45, 2.75) is 135 Å². The van der Waals surface area contributed by atoms with E-state index in [9.17, 15) is 4.79 Å². The zero-order chi connectivity index (χ0) is 27.4. The molecule has 8 heteroatoms. The molecule has 37 heavy (non-hydrogen) atoms. The molecule has 2 heterocycles. The number of unbranched alkanes of at least 4 members (excludes halogenated alkanes) is 8. The van der Waals surface area contributed by atoms with Crippen LogP contribution in [0.3, 0.4) is 0 Å². The van der Waals surface area contributed by atoms with Crippen LogP contribution in [0.25, 0.3) is 0 Å². The average Bonchev–Trinajstić information content (AvgIpc) is 2.84. The van der Waals surface area contributed by atoms with Gasteiger partial charge in [0.05, 0.1) is 31.8 Å². The summed E-state index contributed by atoms with van der Waals surface area (Å²) in [7, 11) is 0. The number of ether oxygens (including phenoxy) is 4. The van der Waals surface area contributed by atoms with Gasteiger partial charge in [-0.25, -0.2) is 4.79 Å². The lowest BCUT2D eigenvalue weighted by molar-refractivity contribution is -0.384. The van der Waals surface area contributed by atoms with Crippen molar-refractivity contribution in [1.82, 2.24) is 5.06 Å². The van der Waals surface area contributed by atoms with Gasteiger partial charge in [-0.15, -0.1) is 0 Å². The van der Waals surface area contributed by atoms with Crippen LogP contribution in [0.2, 0.25) is 0 Å². The Balaban J connectivity index is 1.82. The summed E-state index contributed by atoms with van der Waals surface area (Å²) >= 11 is 0. The fraction of sp³-hybridized carbons (Fsp3) is 0.966. The highest BCUT2D eigenvalue weighted by molar-refractivity contribution is 5.59. The van der Waals surface area contributed by atoms with E-state index in [-0.39, 0.29) is 30.9 Å². The largest absolute Gasteiger partial charge is 0.508 e. The lowest BCUT2D eigenvalue weighted by Crippen LogP contribution is -2.68. The number of rotatable bonds is 16. The van der Waals surface area contributed by atoms with Crippen LogP contribution in [0.5, 0.6) is 0 Å². The molecule has 1 N–H and O–H groups in total. The number of carbonyl (C=O) groups is 1. The third-order valence-corrected chi connectivity index (χ3v) is 7.81. The van der Waals surface area contributed by atoms with E-state index in [0.717, 1.165) is 19.4 Å². The molecule has 0 unspecified atom stereocenters. The van der Waals surface area contributed by atoms with E-state index in [1.54, 1.807) is 0 Å². The minimum absolute atomic E-state index is 0.0735. The number of nitrogens with zero attached hydrogens (tertiary/aromatic N) is 1. The van der Waals surface area contributed by atoms with Crippen LogP contribution in [0.1, 0.15) is 119 Å². The van der Waals surface area contributed by atoms with Gasteiger partial charge in [-0.05, 0) is 40.5 Å². The van der Waals surface area contributed by atoms with Crippen molar-refractivity contribution in [2.24, 2.45) is 5.41 Å². The fourth-order valence-corrected chi connectivity index (χ4v) is 5.89. The Morgan fingerprint density at radius 1 is 0.811 bits per heavy atom. The van der Waals surface area contributed by atoms with Crippen molar-refractivity contribution >= 4 is 6.16 Å². The van der Waals surface area contributed by atoms with Crippen LogP contribution in [-0.4, -0.2) is 72.8 Å². The Labute approximate surface area is 225 Å². The third-order valence-electron chi connectivity index (χ3n) is 7.81. The second kappa shape index (κ2) is 15.0. The molecule has 2 fully saturated rings. The number of hydrogen-bond donors (Lipinski definition) is 1. The van der Waals surface area contributed by atoms with Crippen molar-refractivity contribution in [3.63, 3.8) is 0 Å². The van der Waals surface area contributed by atoms with Gasteiger partial charge in [-0.1, -0.05) is 65.2 Å². The molecule has 0 saturated carbocycles. The van der Waals surface area contributed by atoms with E-state index in [2.05, 4.69) is 39.7 Å². The van der Waals surface area contributed by atoms with Gasteiger partial charge < -0.3 is 24.1 Å². The number of hydrogen-bond acceptors (Lipinski definition) is 8. The summed E-state index contributed by atoms with van der Waals surface area (Å²) in [6, 6.07) is 0. The standard InChI is InChI=1S/C29H55NO7/c1-7-9-10-11-12-13-14-15-16-18-37-30-26(3,4)20-29(21-27(30,5)6)35-23-28(8-2,24-36-29)22-34-25(32)33-19-17-31/h31H,7-24H2,1-6H3. The minimum Gasteiger partial charge on any atom is -0.434 e. The Hall–Kier alpha value is -0.930. The second-order valence-electron chi connectivity index (χ2n) is 12.4. The normalized spacial score (nSPS) is 22.1. The molecule has 0 aromatic rings. The topological polar surface area (TPSA) is 86.7 Å². The molecule has 218 valence electrons. The summed E-state index contributed by atoms with van der Waals surface area (Å²) in [5.74, 6) is -0.694. The highest BCUT2D eigenvalue weighted by atomic mass is 16.7. The smallest absolute Gasteiger partial charge is 0.434 e. The van der Waals surface area contributed by atoms with Crippen LogP contribution in [0, 0.1) is 5.41 Å². The first-order valence-corrected chi connectivity index (χ1v) is 14.7. The van der Waals surface area contributed by atoms with Gasteiger partial charge >= 0.3 is 6.16 Å². The zero-order valence-electron chi connectivity index (χ0n) is 24.6. The highest BCUT2D eigenvalue weighted by Gasteiger charge is 2.57. The first-order chi connectivity index (χ1) is 17.5. The molecule has 2 saturated heterocycles. The van der Waals surface area contributed by atoms with E-state index >= 15 is 0 Å². The van der Waals surface area contributed by atoms with Crippen molar-refractivity contribution in [3.05, 3.63) is 0 Å². The first-order valence-electron chi connectivity index (χ1n) is 14.7. The molecule has 8 nitrogen and oxygen atoms in total. The lowest BCUT2D eigenvalue weighted by Gasteiger charge is -2.59. The quantitative estimate of drug-likeness (QED) is 0.182. The molecule has 2 rings (SSSR count). The van der Waals surface area contributed by atoms with E-state index in [4.69, 9.17) is 28.9 Å². The number of carbonyl (C=O) groups excluding carboxylic acids is 1. The van der Waals surface area contributed by atoms with Gasteiger partial charge in [-0.2, -0.15) is 5.06 Å². The van der Waals surface area contributed by atoms with Crippen LogP contribution in [0.15, 0.2) is 0 Å². The van der Waals surface area contributed by atoms with Crippen molar-refractivity contribution in [1.29, 1.82) is 0 Å². The SMILES string of the molecule is CCCCCCCCCCCON1C(C)(C)CC2(CC1(C)C)OCC(CC)(COC(=O)OCCO)CO2. The number of hydroxylamine groups is 2. The van der Waals surface area contributed by atoms with Gasteiger partial charge in [0.15, 0.2) is 5.79 Å². The van der Waals surface area contributed by atoms with E-state index < -0.39 is 17.4 Å². The van der Waals surface area contributed by atoms with Gasteiger partial charge in [0.25, 0.3) is 0 Å². The summed E-state index contributed by atoms with van der Waals surface area (Å²) in [5.41, 5.74) is -0.947. The number of piperidine rings is 1. The predicted molar refractivity (Wildman–Crippen MR) is 144 cm³/mol. The molecule has 0 aromatic heterocycles. The molecule has 0 amide bonds. The fourth-order valence-electron chi connectivity index (χ4n) is 5.89. The second-order valence-corrected chi connectivity index (χ2v) is 12.4. The molecule has 0 atom stereocenters. The Bertz CT molecular complexity index is 639. The maximum absolute atomic E-state index is 11.8. The van der Waals surface area contributed by atoms with Gasteiger partial charge in [0.2, 0.25) is 0 Å². The molecule has 2 aliphatic rings. The predicted octanol–water partition coefficient (Wildman–Crippen LogP) is 6.39.